The van der Waals surface area contributed by atoms with E-state index in [1.807, 2.05) is 51.1 Å². The third-order valence-corrected chi connectivity index (χ3v) is 13.6. The standard InChI is InChI=1S/C29H44N4O7SSi/c1-28(2,3)26-27(34)31(18-19-40-42(7,8)29(4,5)6)16-17-32(26)41(37,38)30-24-15-14-23(33(35)36)20-25(24)39-21-22-12-10-9-11-13-22/h9-15,20,30,34H,16-19,21H2,1-8H3. The van der Waals surface area contributed by atoms with Crippen molar-refractivity contribution in [3.05, 3.63) is 75.8 Å². The zero-order valence-electron chi connectivity index (χ0n) is 25.8. The molecule has 0 aliphatic carbocycles. The van der Waals surface area contributed by atoms with Crippen LogP contribution in [0.2, 0.25) is 18.1 Å². The Hall–Kier alpha value is -3.29. The van der Waals surface area contributed by atoms with Gasteiger partial charge < -0.3 is 19.2 Å². The van der Waals surface area contributed by atoms with E-state index in [9.17, 15) is 23.6 Å². The number of nitro groups is 1. The summed E-state index contributed by atoms with van der Waals surface area (Å²) in [5.41, 5.74) is 0.133. The molecule has 0 atom stereocenters. The first kappa shape index (κ1) is 33.2. The number of benzene rings is 2. The van der Waals surface area contributed by atoms with Gasteiger partial charge in [0.05, 0.1) is 35.5 Å². The number of nitrogens with zero attached hydrogens (tertiary/aromatic N) is 3. The molecule has 0 spiro atoms. The summed E-state index contributed by atoms with van der Waals surface area (Å²) < 4.78 is 43.5. The number of aliphatic hydroxyl groups is 1. The lowest BCUT2D eigenvalue weighted by Crippen LogP contribution is -2.50. The van der Waals surface area contributed by atoms with E-state index in [0.717, 1.165) is 9.87 Å². The number of aliphatic hydroxyl groups excluding tert-OH is 1. The van der Waals surface area contributed by atoms with Gasteiger partial charge in [-0.3, -0.25) is 14.8 Å². The molecule has 1 aliphatic rings. The Bertz CT molecular complexity index is 1400. The van der Waals surface area contributed by atoms with E-state index < -0.39 is 28.9 Å². The van der Waals surface area contributed by atoms with Gasteiger partial charge in [-0.1, -0.05) is 71.9 Å². The van der Waals surface area contributed by atoms with Crippen LogP contribution in [0.5, 0.6) is 5.75 Å². The summed E-state index contributed by atoms with van der Waals surface area (Å²) in [4.78, 5) is 12.6. The van der Waals surface area contributed by atoms with Crippen LogP contribution in [0.4, 0.5) is 11.4 Å². The van der Waals surface area contributed by atoms with Crippen LogP contribution >= 0.6 is 0 Å². The second-order valence-electron chi connectivity index (χ2n) is 12.9. The van der Waals surface area contributed by atoms with Crippen LogP contribution in [-0.4, -0.2) is 62.2 Å². The van der Waals surface area contributed by atoms with E-state index in [0.29, 0.717) is 13.2 Å². The van der Waals surface area contributed by atoms with E-state index in [2.05, 4.69) is 38.6 Å². The number of hydrogen-bond donors (Lipinski definition) is 2. The zero-order valence-corrected chi connectivity index (χ0v) is 27.6. The molecule has 13 heteroatoms. The number of allylic oxidation sites excluding steroid dienone is 1. The molecule has 0 bridgehead atoms. The molecule has 1 heterocycles. The maximum atomic E-state index is 13.8. The summed E-state index contributed by atoms with van der Waals surface area (Å²) in [6.07, 6.45) is 0. The second kappa shape index (κ2) is 12.5. The number of hydrogen-bond acceptors (Lipinski definition) is 8. The van der Waals surface area contributed by atoms with Crippen LogP contribution in [0.15, 0.2) is 60.1 Å². The molecule has 3 rings (SSSR count). The molecule has 1 aliphatic heterocycles. The van der Waals surface area contributed by atoms with Crippen molar-refractivity contribution in [1.82, 2.24) is 9.21 Å². The first-order valence-electron chi connectivity index (χ1n) is 13.9. The Kier molecular flexibility index (Phi) is 9.90. The Morgan fingerprint density at radius 3 is 2.26 bits per heavy atom. The normalized spacial score (nSPS) is 15.1. The molecule has 0 unspecified atom stereocenters. The van der Waals surface area contributed by atoms with E-state index >= 15 is 0 Å². The van der Waals surface area contributed by atoms with Crippen LogP contribution in [0.25, 0.3) is 0 Å². The highest BCUT2D eigenvalue weighted by atomic mass is 32.2. The monoisotopic (exact) mass is 620 g/mol. The highest BCUT2D eigenvalue weighted by Crippen LogP contribution is 2.39. The molecule has 0 saturated carbocycles. The first-order valence-corrected chi connectivity index (χ1v) is 18.3. The Morgan fingerprint density at radius 2 is 1.69 bits per heavy atom. The van der Waals surface area contributed by atoms with Gasteiger partial charge in [-0.05, 0) is 29.8 Å². The van der Waals surface area contributed by atoms with Crippen molar-refractivity contribution in [2.75, 3.05) is 31.0 Å². The molecule has 0 fully saturated rings. The Labute approximate surface area is 250 Å². The molecule has 2 N–H and O–H groups in total. The number of rotatable bonds is 11. The summed E-state index contributed by atoms with van der Waals surface area (Å²) in [6.45, 7) is 17.5. The fourth-order valence-electron chi connectivity index (χ4n) is 4.24. The van der Waals surface area contributed by atoms with Gasteiger partial charge in [-0.2, -0.15) is 8.42 Å². The highest BCUT2D eigenvalue weighted by molar-refractivity contribution is 7.90. The number of nitrogens with one attached hydrogen (secondary N) is 1. The smallest absolute Gasteiger partial charge is 0.324 e. The van der Waals surface area contributed by atoms with Gasteiger partial charge in [-0.25, -0.2) is 4.31 Å². The minimum Gasteiger partial charge on any atom is -0.493 e. The SMILES string of the molecule is CC(C)(C)C1=C(O)N(CCO[Si](C)(C)C(C)(C)C)CCN1S(=O)(=O)Nc1ccc([N+](=O)[O-])cc1OCc1ccccc1. The van der Waals surface area contributed by atoms with E-state index in [-0.39, 0.29) is 53.4 Å². The van der Waals surface area contributed by atoms with Crippen molar-refractivity contribution in [1.29, 1.82) is 0 Å². The highest BCUT2D eigenvalue weighted by Gasteiger charge is 2.40. The third-order valence-electron chi connectivity index (χ3n) is 7.62. The van der Waals surface area contributed by atoms with Crippen LogP contribution in [0.3, 0.4) is 0 Å². The summed E-state index contributed by atoms with van der Waals surface area (Å²) in [5.74, 6) is -0.106. The molecular formula is C29H44N4O7SSi. The van der Waals surface area contributed by atoms with Gasteiger partial charge in [0.2, 0.25) is 5.88 Å². The first-order chi connectivity index (χ1) is 19.3. The van der Waals surface area contributed by atoms with E-state index in [1.54, 1.807) is 4.90 Å². The van der Waals surface area contributed by atoms with Crippen LogP contribution in [-0.2, 0) is 21.2 Å². The second-order valence-corrected chi connectivity index (χ2v) is 19.3. The predicted molar refractivity (Wildman–Crippen MR) is 167 cm³/mol. The van der Waals surface area contributed by atoms with Gasteiger partial charge in [0.1, 0.15) is 6.61 Å². The summed E-state index contributed by atoms with van der Waals surface area (Å²) in [6, 6.07) is 12.9. The van der Waals surface area contributed by atoms with Crippen molar-refractivity contribution >= 4 is 29.9 Å². The Morgan fingerprint density at radius 1 is 1.05 bits per heavy atom. The topological polar surface area (TPSA) is 134 Å². The largest absolute Gasteiger partial charge is 0.493 e. The van der Waals surface area contributed by atoms with Gasteiger partial charge in [-0.15, -0.1) is 0 Å². The number of anilines is 1. The molecule has 0 radical (unpaired) electrons. The summed E-state index contributed by atoms with van der Waals surface area (Å²) in [5, 5.41) is 22.8. The van der Waals surface area contributed by atoms with Crippen molar-refractivity contribution in [2.24, 2.45) is 5.41 Å². The molecule has 42 heavy (non-hydrogen) atoms. The lowest BCUT2D eigenvalue weighted by Gasteiger charge is -2.42. The van der Waals surface area contributed by atoms with Crippen molar-refractivity contribution in [2.45, 2.75) is 66.3 Å². The van der Waals surface area contributed by atoms with E-state index in [4.69, 9.17) is 9.16 Å². The lowest BCUT2D eigenvalue weighted by atomic mass is 9.91. The quantitative estimate of drug-likeness (QED) is 0.171. The maximum Gasteiger partial charge on any atom is 0.324 e. The van der Waals surface area contributed by atoms with Gasteiger partial charge in [0.15, 0.2) is 14.1 Å². The maximum absolute atomic E-state index is 13.8. The molecular weight excluding hydrogens is 576 g/mol. The number of ether oxygens (including phenoxy) is 1. The minimum atomic E-state index is -4.26. The minimum absolute atomic E-state index is 0.0172. The van der Waals surface area contributed by atoms with Crippen molar-refractivity contribution < 1.29 is 27.6 Å². The zero-order chi connectivity index (χ0) is 31.5. The van der Waals surface area contributed by atoms with Gasteiger partial charge >= 0.3 is 10.2 Å². The Balaban J connectivity index is 1.88. The molecule has 11 nitrogen and oxygen atoms in total. The number of non-ortho nitro benzene ring substituents is 1. The predicted octanol–water partition coefficient (Wildman–Crippen LogP) is 6.24. The average molecular weight is 621 g/mol. The fourth-order valence-corrected chi connectivity index (χ4v) is 6.75. The van der Waals surface area contributed by atoms with Crippen molar-refractivity contribution in [3.63, 3.8) is 0 Å². The van der Waals surface area contributed by atoms with E-state index in [1.165, 1.54) is 18.2 Å². The van der Waals surface area contributed by atoms with Crippen LogP contribution in [0.1, 0.15) is 47.1 Å². The van der Waals surface area contributed by atoms with Crippen LogP contribution in [0, 0.1) is 15.5 Å². The third kappa shape index (κ3) is 7.95. The summed E-state index contributed by atoms with van der Waals surface area (Å²) >= 11 is 0. The molecule has 0 saturated heterocycles. The molecule has 232 valence electrons. The summed E-state index contributed by atoms with van der Waals surface area (Å²) in [7, 11) is -6.25. The van der Waals surface area contributed by atoms with Gasteiger partial charge in [0.25, 0.3) is 5.69 Å². The fraction of sp³-hybridized carbons (Fsp3) is 0.517. The van der Waals surface area contributed by atoms with Gasteiger partial charge in [0, 0.05) is 24.6 Å². The molecule has 2 aromatic carbocycles. The van der Waals surface area contributed by atoms with Crippen LogP contribution < -0.4 is 9.46 Å². The lowest BCUT2D eigenvalue weighted by molar-refractivity contribution is -0.384. The van der Waals surface area contributed by atoms with Crippen molar-refractivity contribution in [3.8, 4) is 5.75 Å². The average Bonchev–Trinajstić information content (AvgIpc) is 2.87. The molecule has 0 aromatic heterocycles. The molecule has 0 amide bonds. The number of nitro benzene ring substituents is 1. The molecule has 2 aromatic rings.